The van der Waals surface area contributed by atoms with Gasteiger partial charge in [0.2, 0.25) is 0 Å². The van der Waals surface area contributed by atoms with E-state index in [0.717, 1.165) is 22.2 Å². The van der Waals surface area contributed by atoms with Gasteiger partial charge in [0, 0.05) is 23.0 Å². The number of para-hydroxylation sites is 1. The van der Waals surface area contributed by atoms with Crippen LogP contribution in [-0.2, 0) is 22.5 Å². The van der Waals surface area contributed by atoms with Crippen LogP contribution in [0.1, 0.15) is 34.2 Å². The average Bonchev–Trinajstić information content (AvgIpc) is 3.13. The summed E-state index contributed by atoms with van der Waals surface area (Å²) >= 11 is 0. The third-order valence-corrected chi connectivity index (χ3v) is 5.07. The second-order valence-corrected chi connectivity index (χ2v) is 7.44. The van der Waals surface area contributed by atoms with Crippen LogP contribution in [0.4, 0.5) is 5.69 Å². The number of carbonyl (C=O) groups excluding carboxylic acids is 2. The minimum absolute atomic E-state index is 0.139. The van der Waals surface area contributed by atoms with E-state index in [1.165, 1.54) is 0 Å². The van der Waals surface area contributed by atoms with Gasteiger partial charge in [0.25, 0.3) is 5.91 Å². The molecule has 0 spiro atoms. The van der Waals surface area contributed by atoms with E-state index in [0.29, 0.717) is 30.1 Å². The third kappa shape index (κ3) is 4.83. The molecule has 0 aliphatic rings. The van der Waals surface area contributed by atoms with Crippen LogP contribution >= 0.6 is 0 Å². The van der Waals surface area contributed by atoms with Crippen LogP contribution in [-0.4, -0.2) is 33.2 Å². The number of nitrogens with zero attached hydrogens (tertiary/aromatic N) is 3. The zero-order valence-electron chi connectivity index (χ0n) is 18.0. The van der Waals surface area contributed by atoms with Crippen molar-refractivity contribution in [3.8, 4) is 0 Å². The molecule has 0 fully saturated rings. The lowest BCUT2D eigenvalue weighted by Crippen LogP contribution is -2.12. The Balaban J connectivity index is 1.49. The molecule has 2 aromatic carbocycles. The summed E-state index contributed by atoms with van der Waals surface area (Å²) in [7, 11) is 0. The van der Waals surface area contributed by atoms with Gasteiger partial charge >= 0.3 is 5.97 Å². The Bertz CT molecular complexity index is 1240. The molecule has 0 atom stereocenters. The van der Waals surface area contributed by atoms with E-state index in [1.54, 1.807) is 19.2 Å². The first-order valence-electron chi connectivity index (χ1n) is 10.5. The largest absolute Gasteiger partial charge is 0.466 e. The summed E-state index contributed by atoms with van der Waals surface area (Å²) < 4.78 is 6.96. The minimum atomic E-state index is -0.285. The van der Waals surface area contributed by atoms with Crippen molar-refractivity contribution in [1.82, 2.24) is 14.8 Å². The van der Waals surface area contributed by atoms with E-state index in [4.69, 9.17) is 4.74 Å². The van der Waals surface area contributed by atoms with E-state index < -0.39 is 0 Å². The summed E-state index contributed by atoms with van der Waals surface area (Å²) in [5, 5.41) is 8.49. The number of esters is 1. The molecule has 1 N–H and O–H groups in total. The number of benzene rings is 2. The van der Waals surface area contributed by atoms with Crippen LogP contribution < -0.4 is 5.32 Å². The van der Waals surface area contributed by atoms with Crippen molar-refractivity contribution in [2.45, 2.75) is 26.8 Å². The predicted molar refractivity (Wildman–Crippen MR) is 123 cm³/mol. The smallest absolute Gasteiger partial charge is 0.311 e. The standard InChI is InChI=1S/C25H24N4O3/c1-3-32-24(30)14-22-21-6-4-5-7-23(21)29(28-22)16-18-9-12-20(13-10-18)27-25(31)19-11-8-17(2)26-15-19/h4-13,15H,3,14,16H2,1-2H3,(H,27,31). The van der Waals surface area contributed by atoms with E-state index in [1.807, 2.05) is 66.2 Å². The molecule has 0 saturated heterocycles. The Morgan fingerprint density at radius 1 is 1.03 bits per heavy atom. The first-order chi connectivity index (χ1) is 15.5. The number of nitrogens with one attached hydrogen (secondary N) is 1. The normalized spacial score (nSPS) is 10.8. The molecule has 1 amide bonds. The maximum absolute atomic E-state index is 12.4. The summed E-state index contributed by atoms with van der Waals surface area (Å²) in [5.41, 5.74) is 4.76. The monoisotopic (exact) mass is 428 g/mol. The van der Waals surface area contributed by atoms with Crippen molar-refractivity contribution in [1.29, 1.82) is 0 Å². The number of hydrogen-bond donors (Lipinski definition) is 1. The Morgan fingerprint density at radius 3 is 2.53 bits per heavy atom. The van der Waals surface area contributed by atoms with Crippen LogP contribution in [0.25, 0.3) is 10.9 Å². The number of aromatic nitrogens is 3. The number of aryl methyl sites for hydroxylation is 1. The molecule has 0 radical (unpaired) electrons. The molecule has 0 bridgehead atoms. The van der Waals surface area contributed by atoms with Gasteiger partial charge < -0.3 is 10.1 Å². The number of anilines is 1. The van der Waals surface area contributed by atoms with Crippen LogP contribution in [0.5, 0.6) is 0 Å². The zero-order chi connectivity index (χ0) is 22.5. The van der Waals surface area contributed by atoms with Gasteiger partial charge in [-0.3, -0.25) is 19.3 Å². The third-order valence-electron chi connectivity index (χ3n) is 5.07. The van der Waals surface area contributed by atoms with Gasteiger partial charge in [-0.2, -0.15) is 5.10 Å². The van der Waals surface area contributed by atoms with E-state index in [2.05, 4.69) is 15.4 Å². The highest BCUT2D eigenvalue weighted by Crippen LogP contribution is 2.21. The van der Waals surface area contributed by atoms with Gasteiger partial charge in [-0.15, -0.1) is 0 Å². The molecule has 0 saturated carbocycles. The molecule has 2 aromatic heterocycles. The van der Waals surface area contributed by atoms with Crippen molar-refractivity contribution in [2.75, 3.05) is 11.9 Å². The number of amides is 1. The maximum atomic E-state index is 12.4. The Morgan fingerprint density at radius 2 is 1.81 bits per heavy atom. The first kappa shape index (κ1) is 21.2. The number of ether oxygens (including phenoxy) is 1. The second kappa shape index (κ2) is 9.43. The fourth-order valence-corrected chi connectivity index (χ4v) is 3.47. The lowest BCUT2D eigenvalue weighted by atomic mass is 10.1. The van der Waals surface area contributed by atoms with Crippen LogP contribution in [0, 0.1) is 6.92 Å². The lowest BCUT2D eigenvalue weighted by molar-refractivity contribution is -0.142. The molecule has 4 rings (SSSR count). The molecule has 2 heterocycles. The van der Waals surface area contributed by atoms with Gasteiger partial charge in [-0.1, -0.05) is 30.3 Å². The molecule has 0 unspecified atom stereocenters. The molecular formula is C25H24N4O3. The molecule has 0 aliphatic carbocycles. The van der Waals surface area contributed by atoms with Crippen LogP contribution in [0.15, 0.2) is 66.9 Å². The van der Waals surface area contributed by atoms with Gasteiger partial charge in [0.1, 0.15) is 0 Å². The summed E-state index contributed by atoms with van der Waals surface area (Å²) in [6.45, 7) is 4.56. The first-order valence-corrected chi connectivity index (χ1v) is 10.5. The highest BCUT2D eigenvalue weighted by atomic mass is 16.5. The number of rotatable bonds is 7. The lowest BCUT2D eigenvalue weighted by Gasteiger charge is -2.08. The number of hydrogen-bond acceptors (Lipinski definition) is 5. The summed E-state index contributed by atoms with van der Waals surface area (Å²) in [6.07, 6.45) is 1.70. The minimum Gasteiger partial charge on any atom is -0.466 e. The van der Waals surface area contributed by atoms with Gasteiger partial charge in [-0.25, -0.2) is 0 Å². The number of carbonyl (C=O) groups is 2. The van der Waals surface area contributed by atoms with Crippen molar-refractivity contribution >= 4 is 28.5 Å². The quantitative estimate of drug-likeness (QED) is 0.447. The topological polar surface area (TPSA) is 86.1 Å². The van der Waals surface area contributed by atoms with Crippen molar-refractivity contribution in [3.63, 3.8) is 0 Å². The molecule has 7 heteroatoms. The van der Waals surface area contributed by atoms with Crippen molar-refractivity contribution in [2.24, 2.45) is 0 Å². The SMILES string of the molecule is CCOC(=O)Cc1nn(Cc2ccc(NC(=O)c3ccc(C)nc3)cc2)c2ccccc12. The van der Waals surface area contributed by atoms with Crippen LogP contribution in [0.2, 0.25) is 0 Å². The zero-order valence-corrected chi connectivity index (χ0v) is 18.0. The van der Waals surface area contributed by atoms with E-state index >= 15 is 0 Å². The Kier molecular flexibility index (Phi) is 6.26. The van der Waals surface area contributed by atoms with Crippen molar-refractivity contribution in [3.05, 3.63) is 89.4 Å². The Labute approximate surface area is 186 Å². The van der Waals surface area contributed by atoms with Crippen LogP contribution in [0.3, 0.4) is 0 Å². The van der Waals surface area contributed by atoms with E-state index in [9.17, 15) is 9.59 Å². The van der Waals surface area contributed by atoms with Gasteiger partial charge in [-0.05, 0) is 49.7 Å². The fourth-order valence-electron chi connectivity index (χ4n) is 3.47. The molecule has 0 aliphatic heterocycles. The predicted octanol–water partition coefficient (Wildman–Crippen LogP) is 4.15. The number of pyridine rings is 1. The maximum Gasteiger partial charge on any atom is 0.311 e. The second-order valence-electron chi connectivity index (χ2n) is 7.44. The molecule has 4 aromatic rings. The summed E-state index contributed by atoms with van der Waals surface area (Å²) in [5.74, 6) is -0.487. The highest BCUT2D eigenvalue weighted by molar-refractivity contribution is 6.04. The molecule has 7 nitrogen and oxygen atoms in total. The van der Waals surface area contributed by atoms with Gasteiger partial charge in [0.05, 0.1) is 36.3 Å². The fraction of sp³-hybridized carbons (Fsp3) is 0.200. The molecule has 32 heavy (non-hydrogen) atoms. The summed E-state index contributed by atoms with van der Waals surface area (Å²) in [4.78, 5) is 28.5. The van der Waals surface area contributed by atoms with E-state index in [-0.39, 0.29) is 18.3 Å². The van der Waals surface area contributed by atoms with Crippen molar-refractivity contribution < 1.29 is 14.3 Å². The van der Waals surface area contributed by atoms with Gasteiger partial charge in [0.15, 0.2) is 0 Å². The molecular weight excluding hydrogens is 404 g/mol. The average molecular weight is 428 g/mol. The summed E-state index contributed by atoms with van der Waals surface area (Å²) in [6, 6.07) is 19.0. The number of fused-ring (bicyclic) bond motifs is 1. The highest BCUT2D eigenvalue weighted by Gasteiger charge is 2.14. The molecule has 162 valence electrons. The Hall–Kier alpha value is -4.00.